The van der Waals surface area contributed by atoms with Crippen LogP contribution in [0, 0.1) is 10.9 Å². The Kier molecular flexibility index (Phi) is 7.29. The van der Waals surface area contributed by atoms with Crippen molar-refractivity contribution in [1.29, 1.82) is 0 Å². The van der Waals surface area contributed by atoms with Crippen LogP contribution in [0.25, 0.3) is 11.3 Å². The first-order valence-corrected chi connectivity index (χ1v) is 11.8. The molecule has 4 rings (SSSR count). The van der Waals surface area contributed by atoms with Crippen LogP contribution in [0.4, 0.5) is 0 Å². The van der Waals surface area contributed by atoms with E-state index >= 15 is 0 Å². The molecular weight excluding hydrogens is 426 g/mol. The van der Waals surface area contributed by atoms with Gasteiger partial charge in [-0.2, -0.15) is 0 Å². The van der Waals surface area contributed by atoms with Crippen LogP contribution in [-0.2, 0) is 16.1 Å². The predicted octanol–water partition coefficient (Wildman–Crippen LogP) is 4.44. The maximum atomic E-state index is 13.1. The Balaban J connectivity index is 1.51. The average Bonchev–Trinajstić information content (AvgIpc) is 3.15. The van der Waals surface area contributed by atoms with Gasteiger partial charge in [-0.25, -0.2) is 0 Å². The number of benzene rings is 2. The predicted molar refractivity (Wildman–Crippen MR) is 128 cm³/mol. The van der Waals surface area contributed by atoms with Gasteiger partial charge in [-0.15, -0.1) is 11.3 Å². The minimum Gasteiger partial charge on any atom is -0.379 e. The lowest BCUT2D eigenvalue weighted by Gasteiger charge is -2.31. The summed E-state index contributed by atoms with van der Waals surface area (Å²) >= 11 is 7.03. The van der Waals surface area contributed by atoms with Gasteiger partial charge in [0.05, 0.1) is 24.9 Å². The molecule has 0 bridgehead atoms. The second-order valence-corrected chi connectivity index (χ2v) is 9.29. The lowest BCUT2D eigenvalue weighted by Crippen LogP contribution is -2.43. The molecule has 0 radical (unpaired) electrons. The minimum absolute atomic E-state index is 0.0371. The number of nitrogens with one attached hydrogen (secondary N) is 1. The summed E-state index contributed by atoms with van der Waals surface area (Å²) in [7, 11) is 0. The molecule has 1 amide bonds. The molecule has 1 unspecified atom stereocenters. The molecule has 2 aromatic carbocycles. The van der Waals surface area contributed by atoms with Crippen LogP contribution in [0.3, 0.4) is 0 Å². The molecule has 1 N–H and O–H groups in total. The van der Waals surface area contributed by atoms with Crippen LogP contribution in [0.2, 0.25) is 0 Å². The van der Waals surface area contributed by atoms with Gasteiger partial charge in [0.25, 0.3) is 0 Å². The second kappa shape index (κ2) is 10.3. The van der Waals surface area contributed by atoms with E-state index in [1.54, 1.807) is 0 Å². The van der Waals surface area contributed by atoms with Crippen molar-refractivity contribution in [3.8, 4) is 11.3 Å². The largest absolute Gasteiger partial charge is 0.379 e. The van der Waals surface area contributed by atoms with Crippen LogP contribution in [-0.4, -0.2) is 48.2 Å². The van der Waals surface area contributed by atoms with Crippen LogP contribution in [0.1, 0.15) is 17.2 Å². The van der Waals surface area contributed by atoms with Gasteiger partial charge in [0.2, 0.25) is 5.91 Å². The number of carbonyl (C=O) groups is 1. The van der Waals surface area contributed by atoms with Crippen molar-refractivity contribution in [1.82, 2.24) is 14.8 Å². The van der Waals surface area contributed by atoms with Crippen LogP contribution in [0.5, 0.6) is 0 Å². The average molecular weight is 454 g/mol. The maximum Gasteiger partial charge on any atom is 0.240 e. The molecule has 1 aliphatic rings. The summed E-state index contributed by atoms with van der Waals surface area (Å²) < 4.78 is 8.10. The minimum atomic E-state index is -0.0811. The molecule has 1 saturated heterocycles. The maximum absolute atomic E-state index is 13.1. The highest BCUT2D eigenvalue weighted by atomic mass is 32.1. The Morgan fingerprint density at radius 3 is 2.55 bits per heavy atom. The van der Waals surface area contributed by atoms with E-state index in [0.29, 0.717) is 3.95 Å². The van der Waals surface area contributed by atoms with Crippen molar-refractivity contribution < 1.29 is 9.53 Å². The highest BCUT2D eigenvalue weighted by molar-refractivity contribution is 7.73. The fraction of sp³-hybridized carbons (Fsp3) is 0.333. The van der Waals surface area contributed by atoms with E-state index in [-0.39, 0.29) is 18.5 Å². The summed E-state index contributed by atoms with van der Waals surface area (Å²) in [5, 5.41) is 5.28. The lowest BCUT2D eigenvalue weighted by atomic mass is 10.1. The molecule has 0 aliphatic carbocycles. The number of thiazole rings is 1. The number of aryl methyl sites for hydroxylation is 1. The summed E-state index contributed by atoms with van der Waals surface area (Å²) in [6.07, 6.45) is 0. The monoisotopic (exact) mass is 453 g/mol. The molecule has 1 aliphatic heterocycles. The Morgan fingerprint density at radius 1 is 1.13 bits per heavy atom. The Labute approximate surface area is 192 Å². The molecule has 1 fully saturated rings. The molecule has 0 spiro atoms. The first-order chi connectivity index (χ1) is 15.1. The van der Waals surface area contributed by atoms with Crippen molar-refractivity contribution in [2.75, 3.05) is 32.8 Å². The lowest BCUT2D eigenvalue weighted by molar-refractivity contribution is -0.122. The Hall–Kier alpha value is -2.32. The number of aromatic nitrogens is 1. The number of amides is 1. The van der Waals surface area contributed by atoms with Gasteiger partial charge in [-0.3, -0.25) is 9.69 Å². The smallest absolute Gasteiger partial charge is 0.240 e. The SMILES string of the molecule is Cc1ccc(-c2csc(=S)n2CC(=O)NC(CN2CCOCC2)c2ccccc2)cc1. The van der Waals surface area contributed by atoms with Gasteiger partial charge < -0.3 is 14.6 Å². The molecule has 31 heavy (non-hydrogen) atoms. The van der Waals surface area contributed by atoms with Crippen LogP contribution >= 0.6 is 23.6 Å². The number of morpholine rings is 1. The highest BCUT2D eigenvalue weighted by Crippen LogP contribution is 2.24. The summed E-state index contributed by atoms with van der Waals surface area (Å²) in [6, 6.07) is 18.4. The van der Waals surface area contributed by atoms with Crippen molar-refractivity contribution in [2.24, 2.45) is 0 Å². The highest BCUT2D eigenvalue weighted by Gasteiger charge is 2.21. The van der Waals surface area contributed by atoms with E-state index < -0.39 is 0 Å². The summed E-state index contributed by atoms with van der Waals surface area (Å²) in [6.45, 7) is 6.27. The summed E-state index contributed by atoms with van der Waals surface area (Å²) in [4.78, 5) is 15.5. The van der Waals surface area contributed by atoms with Gasteiger partial charge in [0.1, 0.15) is 6.54 Å². The van der Waals surface area contributed by atoms with Gasteiger partial charge in [-0.1, -0.05) is 60.2 Å². The summed E-state index contributed by atoms with van der Waals surface area (Å²) in [5.74, 6) is -0.0371. The van der Waals surface area contributed by atoms with Crippen molar-refractivity contribution in [3.05, 3.63) is 75.1 Å². The molecule has 1 aromatic heterocycles. The first-order valence-electron chi connectivity index (χ1n) is 10.5. The van der Waals surface area contributed by atoms with E-state index in [2.05, 4.69) is 53.5 Å². The van der Waals surface area contributed by atoms with Gasteiger partial charge in [0.15, 0.2) is 3.95 Å². The standard InChI is InChI=1S/C24H27N3O2S2/c1-18-7-9-20(10-8-18)22-17-31-24(30)27(22)16-23(28)25-21(19-5-3-2-4-6-19)15-26-11-13-29-14-12-26/h2-10,17,21H,11-16H2,1H3,(H,25,28). The molecule has 5 nitrogen and oxygen atoms in total. The third-order valence-corrected chi connectivity index (χ3v) is 6.79. The molecule has 162 valence electrons. The molecule has 2 heterocycles. The topological polar surface area (TPSA) is 46.5 Å². The quantitative estimate of drug-likeness (QED) is 0.537. The van der Waals surface area contributed by atoms with E-state index in [1.165, 1.54) is 16.9 Å². The van der Waals surface area contributed by atoms with E-state index in [0.717, 1.165) is 49.7 Å². The number of carbonyl (C=O) groups excluding carboxylic acids is 1. The number of nitrogens with zero attached hydrogens (tertiary/aromatic N) is 2. The fourth-order valence-electron chi connectivity index (χ4n) is 3.77. The summed E-state index contributed by atoms with van der Waals surface area (Å²) in [5.41, 5.74) is 4.36. The second-order valence-electron chi connectivity index (χ2n) is 7.78. The zero-order valence-corrected chi connectivity index (χ0v) is 19.3. The Morgan fingerprint density at radius 2 is 1.84 bits per heavy atom. The van der Waals surface area contributed by atoms with Crippen LogP contribution in [0.15, 0.2) is 60.0 Å². The van der Waals surface area contributed by atoms with Gasteiger partial charge in [0, 0.05) is 25.0 Å². The van der Waals surface area contributed by atoms with Crippen molar-refractivity contribution >= 4 is 29.5 Å². The van der Waals surface area contributed by atoms with Crippen molar-refractivity contribution in [2.45, 2.75) is 19.5 Å². The van der Waals surface area contributed by atoms with E-state index in [1.807, 2.05) is 28.1 Å². The zero-order chi connectivity index (χ0) is 21.6. The molecular formula is C24H27N3O2S2. The van der Waals surface area contributed by atoms with E-state index in [9.17, 15) is 4.79 Å². The fourth-order valence-corrected chi connectivity index (χ4v) is 4.85. The van der Waals surface area contributed by atoms with Gasteiger partial charge in [-0.05, 0) is 30.3 Å². The molecule has 0 saturated carbocycles. The third kappa shape index (κ3) is 5.68. The first kappa shape index (κ1) is 21.9. The molecule has 1 atom stereocenters. The van der Waals surface area contributed by atoms with Gasteiger partial charge >= 0.3 is 0 Å². The number of hydrogen-bond acceptors (Lipinski definition) is 5. The zero-order valence-electron chi connectivity index (χ0n) is 17.6. The molecule has 3 aromatic rings. The number of hydrogen-bond donors (Lipinski definition) is 1. The Bertz CT molecular complexity index is 1050. The normalized spacial score (nSPS) is 15.5. The molecule has 7 heteroatoms. The number of ether oxygens (including phenoxy) is 1. The van der Waals surface area contributed by atoms with Crippen molar-refractivity contribution in [3.63, 3.8) is 0 Å². The van der Waals surface area contributed by atoms with Crippen LogP contribution < -0.4 is 5.32 Å². The third-order valence-electron chi connectivity index (χ3n) is 5.51. The van der Waals surface area contributed by atoms with E-state index in [4.69, 9.17) is 17.0 Å². The number of rotatable bonds is 7.